The first-order valence-electron chi connectivity index (χ1n) is 4.64. The molecule has 0 aliphatic carbocycles. The SMILES string of the molecule is CC(C)(C)C1C(N)C(F)CN1C(=O)O. The van der Waals surface area contributed by atoms with E-state index >= 15 is 0 Å². The molecule has 1 aliphatic heterocycles. The normalized spacial score (nSPS) is 33.5. The Labute approximate surface area is 82.9 Å². The molecule has 3 N–H and O–H groups in total. The van der Waals surface area contributed by atoms with Crippen LogP contribution in [0.5, 0.6) is 0 Å². The number of halogens is 1. The van der Waals surface area contributed by atoms with Crippen molar-refractivity contribution in [1.82, 2.24) is 4.90 Å². The molecule has 14 heavy (non-hydrogen) atoms. The lowest BCUT2D eigenvalue weighted by atomic mass is 9.83. The minimum absolute atomic E-state index is 0.113. The molecule has 1 heterocycles. The van der Waals surface area contributed by atoms with Gasteiger partial charge in [0, 0.05) is 0 Å². The van der Waals surface area contributed by atoms with Crippen molar-refractivity contribution in [3.63, 3.8) is 0 Å². The number of rotatable bonds is 0. The molecule has 4 nitrogen and oxygen atoms in total. The van der Waals surface area contributed by atoms with Crippen molar-refractivity contribution >= 4 is 6.09 Å². The number of likely N-dealkylation sites (tertiary alicyclic amines) is 1. The molecule has 3 atom stereocenters. The largest absolute Gasteiger partial charge is 0.465 e. The Morgan fingerprint density at radius 2 is 2.07 bits per heavy atom. The van der Waals surface area contributed by atoms with E-state index in [2.05, 4.69) is 0 Å². The van der Waals surface area contributed by atoms with E-state index in [0.29, 0.717) is 0 Å². The van der Waals surface area contributed by atoms with E-state index in [0.717, 1.165) is 4.90 Å². The molecule has 5 heteroatoms. The number of alkyl halides is 1. The smallest absolute Gasteiger partial charge is 0.407 e. The lowest BCUT2D eigenvalue weighted by Gasteiger charge is -2.35. The number of carboxylic acid groups (broad SMARTS) is 1. The number of hydrogen-bond acceptors (Lipinski definition) is 2. The molecule has 0 saturated carbocycles. The molecule has 0 aromatic rings. The highest BCUT2D eigenvalue weighted by Crippen LogP contribution is 2.33. The number of amides is 1. The van der Waals surface area contributed by atoms with E-state index < -0.39 is 24.3 Å². The zero-order chi connectivity index (χ0) is 11.1. The maximum absolute atomic E-state index is 13.3. The van der Waals surface area contributed by atoms with Gasteiger partial charge < -0.3 is 15.7 Å². The lowest BCUT2D eigenvalue weighted by Crippen LogP contribution is -2.50. The fraction of sp³-hybridized carbons (Fsp3) is 0.889. The van der Waals surface area contributed by atoms with Gasteiger partial charge in [-0.15, -0.1) is 0 Å². The molecule has 3 unspecified atom stereocenters. The maximum atomic E-state index is 13.3. The van der Waals surface area contributed by atoms with Crippen LogP contribution in [0.15, 0.2) is 0 Å². The first kappa shape index (κ1) is 11.2. The zero-order valence-electron chi connectivity index (χ0n) is 8.70. The molecular weight excluding hydrogens is 187 g/mol. The summed E-state index contributed by atoms with van der Waals surface area (Å²) in [6.07, 6.45) is -2.35. The van der Waals surface area contributed by atoms with Gasteiger partial charge in [-0.1, -0.05) is 20.8 Å². The molecule has 0 aromatic carbocycles. The van der Waals surface area contributed by atoms with Gasteiger partial charge in [0.05, 0.1) is 18.6 Å². The highest BCUT2D eigenvalue weighted by molar-refractivity contribution is 5.66. The molecule has 0 radical (unpaired) electrons. The summed E-state index contributed by atoms with van der Waals surface area (Å²) >= 11 is 0. The van der Waals surface area contributed by atoms with E-state index in [-0.39, 0.29) is 12.0 Å². The molecule has 1 saturated heterocycles. The summed E-state index contributed by atoms with van der Waals surface area (Å²) in [6, 6.07) is -1.17. The van der Waals surface area contributed by atoms with Gasteiger partial charge in [-0.05, 0) is 5.41 Å². The van der Waals surface area contributed by atoms with Crippen LogP contribution in [0.25, 0.3) is 0 Å². The van der Waals surface area contributed by atoms with E-state index in [9.17, 15) is 9.18 Å². The minimum Gasteiger partial charge on any atom is -0.465 e. The van der Waals surface area contributed by atoms with Crippen molar-refractivity contribution in [2.75, 3.05) is 6.54 Å². The van der Waals surface area contributed by atoms with Crippen LogP contribution in [0.2, 0.25) is 0 Å². The van der Waals surface area contributed by atoms with Crippen LogP contribution in [0.1, 0.15) is 20.8 Å². The van der Waals surface area contributed by atoms with Gasteiger partial charge in [-0.2, -0.15) is 0 Å². The summed E-state index contributed by atoms with van der Waals surface area (Å²) < 4.78 is 13.3. The van der Waals surface area contributed by atoms with Crippen LogP contribution in [0.3, 0.4) is 0 Å². The Kier molecular flexibility index (Phi) is 2.71. The van der Waals surface area contributed by atoms with Crippen LogP contribution in [-0.2, 0) is 0 Å². The fourth-order valence-corrected chi connectivity index (χ4v) is 2.07. The van der Waals surface area contributed by atoms with Crippen LogP contribution in [-0.4, -0.2) is 40.9 Å². The molecule has 82 valence electrons. The number of hydrogen-bond donors (Lipinski definition) is 2. The predicted octanol–water partition coefficient (Wildman–Crippen LogP) is 1.06. The Morgan fingerprint density at radius 1 is 1.57 bits per heavy atom. The molecule has 0 aromatic heterocycles. The summed E-state index contributed by atoms with van der Waals surface area (Å²) in [4.78, 5) is 12.0. The molecule has 1 fully saturated rings. The Morgan fingerprint density at radius 3 is 2.36 bits per heavy atom. The van der Waals surface area contributed by atoms with Gasteiger partial charge in [0.25, 0.3) is 0 Å². The molecule has 1 aliphatic rings. The predicted molar refractivity (Wildman–Crippen MR) is 50.8 cm³/mol. The van der Waals surface area contributed by atoms with Gasteiger partial charge in [0.15, 0.2) is 0 Å². The van der Waals surface area contributed by atoms with Crippen molar-refractivity contribution in [3.8, 4) is 0 Å². The second kappa shape index (κ2) is 3.38. The quantitative estimate of drug-likeness (QED) is 0.620. The van der Waals surface area contributed by atoms with E-state index in [4.69, 9.17) is 10.8 Å². The van der Waals surface area contributed by atoms with E-state index in [1.807, 2.05) is 20.8 Å². The van der Waals surface area contributed by atoms with Crippen molar-refractivity contribution in [2.24, 2.45) is 11.1 Å². The standard InChI is InChI=1S/C9H17FN2O2/c1-9(2,3)7-6(11)5(10)4-12(7)8(13)14/h5-7H,4,11H2,1-3H3,(H,13,14). The minimum atomic E-state index is -1.25. The number of nitrogens with two attached hydrogens (primary N) is 1. The second-order valence-electron chi connectivity index (χ2n) is 4.84. The molecule has 0 bridgehead atoms. The summed E-state index contributed by atoms with van der Waals surface area (Å²) in [5, 5.41) is 8.89. The Balaban J connectivity index is 2.93. The third kappa shape index (κ3) is 1.82. The maximum Gasteiger partial charge on any atom is 0.407 e. The topological polar surface area (TPSA) is 66.6 Å². The number of carbonyl (C=O) groups is 1. The molecular formula is C9H17FN2O2. The van der Waals surface area contributed by atoms with Crippen LogP contribution in [0, 0.1) is 5.41 Å². The van der Waals surface area contributed by atoms with E-state index in [1.54, 1.807) is 0 Å². The Hall–Kier alpha value is -0.840. The third-order valence-corrected chi connectivity index (χ3v) is 2.62. The van der Waals surface area contributed by atoms with Crippen molar-refractivity contribution in [3.05, 3.63) is 0 Å². The van der Waals surface area contributed by atoms with Crippen LogP contribution >= 0.6 is 0 Å². The monoisotopic (exact) mass is 204 g/mol. The van der Waals surface area contributed by atoms with Gasteiger partial charge in [0.1, 0.15) is 6.17 Å². The summed E-state index contributed by atoms with van der Waals surface area (Å²) in [5.74, 6) is 0. The third-order valence-electron chi connectivity index (χ3n) is 2.62. The van der Waals surface area contributed by atoms with Crippen molar-refractivity contribution in [1.29, 1.82) is 0 Å². The van der Waals surface area contributed by atoms with Crippen molar-refractivity contribution < 1.29 is 14.3 Å². The first-order chi connectivity index (χ1) is 6.25. The molecule has 1 amide bonds. The molecule has 0 spiro atoms. The highest BCUT2D eigenvalue weighted by atomic mass is 19.1. The summed E-state index contributed by atoms with van der Waals surface area (Å²) in [5.41, 5.74) is 5.32. The average Bonchev–Trinajstić information content (AvgIpc) is 2.27. The van der Waals surface area contributed by atoms with Gasteiger partial charge in [0.2, 0.25) is 0 Å². The lowest BCUT2D eigenvalue weighted by molar-refractivity contribution is 0.102. The van der Waals surface area contributed by atoms with Crippen LogP contribution < -0.4 is 5.73 Å². The average molecular weight is 204 g/mol. The number of nitrogens with zero attached hydrogens (tertiary/aromatic N) is 1. The second-order valence-corrected chi connectivity index (χ2v) is 4.84. The van der Waals surface area contributed by atoms with Crippen LogP contribution in [0.4, 0.5) is 9.18 Å². The Bertz CT molecular complexity index is 239. The molecule has 1 rings (SSSR count). The highest BCUT2D eigenvalue weighted by Gasteiger charge is 2.47. The van der Waals surface area contributed by atoms with Gasteiger partial charge in [-0.25, -0.2) is 9.18 Å². The van der Waals surface area contributed by atoms with E-state index in [1.165, 1.54) is 0 Å². The summed E-state index contributed by atoms with van der Waals surface area (Å²) in [7, 11) is 0. The zero-order valence-corrected chi connectivity index (χ0v) is 8.70. The van der Waals surface area contributed by atoms with Gasteiger partial charge in [-0.3, -0.25) is 0 Å². The fourth-order valence-electron chi connectivity index (χ4n) is 2.07. The van der Waals surface area contributed by atoms with Crippen molar-refractivity contribution in [2.45, 2.75) is 39.0 Å². The van der Waals surface area contributed by atoms with Gasteiger partial charge >= 0.3 is 6.09 Å². The summed E-state index contributed by atoms with van der Waals surface area (Å²) in [6.45, 7) is 5.49. The first-order valence-corrected chi connectivity index (χ1v) is 4.64.